The summed E-state index contributed by atoms with van der Waals surface area (Å²) in [6.45, 7) is 4.28. The second-order valence-corrected chi connectivity index (χ2v) is 11.5. The summed E-state index contributed by atoms with van der Waals surface area (Å²) >= 11 is 0. The van der Waals surface area contributed by atoms with Crippen LogP contribution in [0.3, 0.4) is 0 Å². The highest BCUT2D eigenvalue weighted by Gasteiger charge is 2.45. The van der Waals surface area contributed by atoms with Crippen LogP contribution in [0.5, 0.6) is 0 Å². The Balaban J connectivity index is 1.20. The van der Waals surface area contributed by atoms with Crippen molar-refractivity contribution in [3.8, 4) is 0 Å². The molecular weight excluding hydrogens is 528 g/mol. The summed E-state index contributed by atoms with van der Waals surface area (Å²) in [4.78, 5) is 14.5. The highest BCUT2D eigenvalue weighted by Crippen LogP contribution is 2.41. The summed E-state index contributed by atoms with van der Waals surface area (Å²) < 4.78 is 87.2. The summed E-state index contributed by atoms with van der Waals surface area (Å²) in [5, 5.41) is 6.82. The summed E-state index contributed by atoms with van der Waals surface area (Å²) in [6, 6.07) is 4.51. The molecule has 2 heterocycles. The first-order valence-electron chi connectivity index (χ1n) is 13.3. The molecule has 12 heteroatoms. The molecule has 2 aromatic rings. The summed E-state index contributed by atoms with van der Waals surface area (Å²) in [6.07, 6.45) is -3.59. The average Bonchev–Trinajstić information content (AvgIpc) is 2.87. The number of pyridine rings is 1. The monoisotopic (exact) mass is 561 g/mol. The molecule has 0 bridgehead atoms. The predicted molar refractivity (Wildman–Crippen MR) is 132 cm³/mol. The fourth-order valence-corrected chi connectivity index (χ4v) is 5.69. The van der Waals surface area contributed by atoms with Gasteiger partial charge in [0.15, 0.2) is 0 Å². The van der Waals surface area contributed by atoms with Gasteiger partial charge in [-0.05, 0) is 64.5 Å². The highest BCUT2D eigenvalue weighted by molar-refractivity contribution is 5.94. The first-order chi connectivity index (χ1) is 18.2. The van der Waals surface area contributed by atoms with Gasteiger partial charge in [-0.15, -0.1) is 0 Å². The van der Waals surface area contributed by atoms with Crippen molar-refractivity contribution < 1.29 is 40.9 Å². The van der Waals surface area contributed by atoms with Gasteiger partial charge >= 0.3 is 12.4 Å². The fraction of sp³-hybridized carbons (Fsp3) is 0.667. The van der Waals surface area contributed by atoms with Crippen molar-refractivity contribution >= 4 is 16.6 Å². The lowest BCUT2D eigenvalue weighted by molar-refractivity contribution is -0.511. The largest absolute Gasteiger partial charge is 0.433 e. The maximum absolute atomic E-state index is 13.5. The Morgan fingerprint density at radius 3 is 2.08 bits per heavy atom. The Kier molecular flexibility index (Phi) is 7.53. The van der Waals surface area contributed by atoms with Gasteiger partial charge in [-0.3, -0.25) is 0 Å². The zero-order chi connectivity index (χ0) is 28.1. The van der Waals surface area contributed by atoms with E-state index in [1.165, 1.54) is 12.1 Å². The van der Waals surface area contributed by atoms with Crippen molar-refractivity contribution in [2.45, 2.75) is 107 Å². The number of alkyl halides is 6. The minimum atomic E-state index is -4.88. The molecule has 0 atom stereocenters. The lowest BCUT2D eigenvalue weighted by atomic mass is 9.86. The quantitative estimate of drug-likeness (QED) is 0.310. The molecule has 1 aliphatic heterocycles. The molecule has 1 saturated heterocycles. The molecule has 0 unspecified atom stereocenters. The third-order valence-electron chi connectivity index (χ3n) is 7.84. The number of benzene rings is 1. The predicted octanol–water partition coefficient (Wildman–Crippen LogP) is 6.98. The average molecular weight is 562 g/mol. The summed E-state index contributed by atoms with van der Waals surface area (Å²) in [7, 11) is 0. The van der Waals surface area contributed by atoms with Crippen LogP contribution in [-0.2, 0) is 26.9 Å². The molecule has 1 aromatic carbocycles. The van der Waals surface area contributed by atoms with E-state index in [1.54, 1.807) is 0 Å². The number of aromatic nitrogens is 1. The highest BCUT2D eigenvalue weighted by atomic mass is 19.4. The first-order valence-corrected chi connectivity index (χ1v) is 13.3. The maximum Gasteiger partial charge on any atom is 0.433 e. The zero-order valence-electron chi connectivity index (χ0n) is 21.8. The zero-order valence-corrected chi connectivity index (χ0v) is 21.8. The van der Waals surface area contributed by atoms with Crippen molar-refractivity contribution in [2.75, 3.05) is 11.9 Å². The van der Waals surface area contributed by atoms with Crippen LogP contribution >= 0.6 is 0 Å². The van der Waals surface area contributed by atoms with Crippen LogP contribution in [-0.4, -0.2) is 41.1 Å². The molecule has 0 amide bonds. The fourth-order valence-electron chi connectivity index (χ4n) is 5.69. The van der Waals surface area contributed by atoms with Gasteiger partial charge in [0.05, 0.1) is 17.7 Å². The minimum absolute atomic E-state index is 0.0188. The number of nitrogens with one attached hydrogen (secondary N) is 2. The molecule has 1 aromatic heterocycles. The summed E-state index contributed by atoms with van der Waals surface area (Å²) in [5.74, 6) is -0.691. The van der Waals surface area contributed by atoms with E-state index in [2.05, 4.69) is 15.6 Å². The Hall–Kier alpha value is -2.15. The van der Waals surface area contributed by atoms with Gasteiger partial charge in [-0.1, -0.05) is 12.1 Å². The van der Waals surface area contributed by atoms with Gasteiger partial charge in [0.1, 0.15) is 11.3 Å². The molecule has 3 fully saturated rings. The molecule has 2 saturated carbocycles. The van der Waals surface area contributed by atoms with Crippen molar-refractivity contribution in [1.29, 1.82) is 0 Å². The second kappa shape index (κ2) is 10.4. The molecule has 3 aliphatic rings. The number of anilines is 1. The molecular formula is C27H33F6N3O3. The second-order valence-electron chi connectivity index (χ2n) is 11.5. The maximum atomic E-state index is 13.5. The third kappa shape index (κ3) is 6.44. The smallest absolute Gasteiger partial charge is 0.382 e. The Morgan fingerprint density at radius 2 is 1.49 bits per heavy atom. The molecule has 216 valence electrons. The van der Waals surface area contributed by atoms with E-state index in [0.29, 0.717) is 38.3 Å². The van der Waals surface area contributed by atoms with E-state index >= 15 is 0 Å². The SMILES string of the molecule is CC1(C)COC2(CCC(NC3CCC(Nc4cc(C(F)(F)F)nc5c(C(F)(F)F)cccc45)CC3)CC2)OO1. The number of ether oxygens (including phenoxy) is 1. The number of hydrogen-bond donors (Lipinski definition) is 2. The van der Waals surface area contributed by atoms with Gasteiger partial charge in [0.2, 0.25) is 5.79 Å². The van der Waals surface area contributed by atoms with Crippen LogP contribution in [0.4, 0.5) is 32.0 Å². The topological polar surface area (TPSA) is 64.6 Å². The molecule has 1 spiro atoms. The molecule has 39 heavy (non-hydrogen) atoms. The molecule has 5 rings (SSSR count). The lowest BCUT2D eigenvalue weighted by Crippen LogP contribution is -2.53. The standard InChI is InChI=1S/C27H33F6N3O3/c1-24(2)15-37-25(39-38-24)12-10-18(11-13-25)34-16-6-8-17(9-7-16)35-21-14-22(27(31,32)33)36-23-19(21)4-3-5-20(23)26(28,29)30/h3-5,14,16-18,34H,6-13,15H2,1-2H3,(H,35,36). The number of hydrogen-bond acceptors (Lipinski definition) is 6. The number of rotatable bonds is 4. The molecule has 2 N–H and O–H groups in total. The van der Waals surface area contributed by atoms with E-state index in [4.69, 9.17) is 14.5 Å². The normalized spacial score (nSPS) is 30.0. The summed E-state index contributed by atoms with van der Waals surface area (Å²) in [5.41, 5.74) is -3.68. The van der Waals surface area contributed by atoms with E-state index in [0.717, 1.165) is 37.8 Å². The van der Waals surface area contributed by atoms with Crippen LogP contribution < -0.4 is 10.6 Å². The Labute approximate surface area is 222 Å². The lowest BCUT2D eigenvalue weighted by Gasteiger charge is -2.45. The first kappa shape index (κ1) is 28.4. The van der Waals surface area contributed by atoms with E-state index in [1.807, 2.05) is 13.8 Å². The van der Waals surface area contributed by atoms with Crippen LogP contribution in [0.1, 0.15) is 76.5 Å². The minimum Gasteiger partial charge on any atom is -0.382 e. The number of fused-ring (bicyclic) bond motifs is 1. The number of halogens is 6. The molecule has 2 aliphatic carbocycles. The van der Waals surface area contributed by atoms with Crippen LogP contribution in [0.2, 0.25) is 0 Å². The molecule has 6 nitrogen and oxygen atoms in total. The van der Waals surface area contributed by atoms with E-state index < -0.39 is 40.5 Å². The number of nitrogens with zero attached hydrogens (tertiary/aromatic N) is 1. The Morgan fingerprint density at radius 1 is 0.846 bits per heavy atom. The third-order valence-corrected chi connectivity index (χ3v) is 7.84. The number of para-hydroxylation sites is 1. The van der Waals surface area contributed by atoms with Gasteiger partial charge in [0.25, 0.3) is 0 Å². The van der Waals surface area contributed by atoms with E-state index in [9.17, 15) is 26.3 Å². The van der Waals surface area contributed by atoms with Gasteiger partial charge in [0, 0.05) is 42.0 Å². The van der Waals surface area contributed by atoms with Crippen LogP contribution in [0.25, 0.3) is 10.9 Å². The van der Waals surface area contributed by atoms with Crippen molar-refractivity contribution in [3.05, 3.63) is 35.5 Å². The van der Waals surface area contributed by atoms with Crippen molar-refractivity contribution in [3.63, 3.8) is 0 Å². The van der Waals surface area contributed by atoms with Crippen LogP contribution in [0, 0.1) is 0 Å². The Bertz CT molecular complexity index is 1160. The van der Waals surface area contributed by atoms with Crippen molar-refractivity contribution in [1.82, 2.24) is 10.3 Å². The van der Waals surface area contributed by atoms with Gasteiger partial charge < -0.3 is 15.4 Å². The van der Waals surface area contributed by atoms with Gasteiger partial charge in [-0.2, -0.15) is 26.3 Å². The molecule has 0 radical (unpaired) electrons. The van der Waals surface area contributed by atoms with Crippen LogP contribution in [0.15, 0.2) is 24.3 Å². The van der Waals surface area contributed by atoms with E-state index in [-0.39, 0.29) is 23.2 Å². The van der Waals surface area contributed by atoms with Gasteiger partial charge in [-0.25, -0.2) is 14.8 Å². The van der Waals surface area contributed by atoms with Crippen molar-refractivity contribution in [2.24, 2.45) is 0 Å².